The van der Waals surface area contributed by atoms with E-state index in [0.29, 0.717) is 12.1 Å². The van der Waals surface area contributed by atoms with Crippen LogP contribution in [0, 0.1) is 0 Å². The van der Waals surface area contributed by atoms with Gasteiger partial charge in [0, 0.05) is 18.0 Å². The quantitative estimate of drug-likeness (QED) is 0.761. The molecule has 0 atom stereocenters. The lowest BCUT2D eigenvalue weighted by Gasteiger charge is -2.06. The summed E-state index contributed by atoms with van der Waals surface area (Å²) in [6.45, 7) is 0.413. The van der Waals surface area contributed by atoms with Crippen LogP contribution in [0.1, 0.15) is 16.1 Å². The number of aromatic amines is 1. The standard InChI is InChI=1S/C14H12BrN5O/c15-11-7-18-20(9-11)13-3-1-2-10(6-13)14(21)16-8-12-4-5-17-19-12/h1-7,9H,8H2,(H,16,21)(H,17,19). The lowest BCUT2D eigenvalue weighted by Crippen LogP contribution is -2.23. The molecule has 2 N–H and O–H groups in total. The number of benzene rings is 1. The zero-order valence-electron chi connectivity index (χ0n) is 11.0. The number of carbonyl (C=O) groups is 1. The average molecular weight is 346 g/mol. The molecule has 0 saturated heterocycles. The summed E-state index contributed by atoms with van der Waals surface area (Å²) in [6.07, 6.45) is 5.18. The second-order valence-corrected chi connectivity index (χ2v) is 5.33. The Hall–Kier alpha value is -2.41. The van der Waals surface area contributed by atoms with Crippen LogP contribution in [0.15, 0.2) is 53.4 Å². The van der Waals surface area contributed by atoms with Gasteiger partial charge in [-0.2, -0.15) is 10.2 Å². The van der Waals surface area contributed by atoms with Gasteiger partial charge in [-0.25, -0.2) is 4.68 Å². The van der Waals surface area contributed by atoms with Gasteiger partial charge >= 0.3 is 0 Å². The third kappa shape index (κ3) is 3.19. The minimum Gasteiger partial charge on any atom is -0.346 e. The van der Waals surface area contributed by atoms with E-state index in [0.717, 1.165) is 15.9 Å². The fraction of sp³-hybridized carbons (Fsp3) is 0.0714. The molecule has 3 rings (SSSR count). The van der Waals surface area contributed by atoms with Crippen molar-refractivity contribution in [3.05, 3.63) is 64.7 Å². The van der Waals surface area contributed by atoms with Crippen LogP contribution in [0.3, 0.4) is 0 Å². The predicted octanol–water partition coefficient (Wildman–Crippen LogP) is 2.29. The van der Waals surface area contributed by atoms with Crippen molar-refractivity contribution < 1.29 is 4.79 Å². The van der Waals surface area contributed by atoms with E-state index in [1.807, 2.05) is 24.4 Å². The van der Waals surface area contributed by atoms with Crippen molar-refractivity contribution in [2.45, 2.75) is 6.54 Å². The van der Waals surface area contributed by atoms with Crippen molar-refractivity contribution in [2.24, 2.45) is 0 Å². The van der Waals surface area contributed by atoms with Gasteiger partial charge < -0.3 is 5.32 Å². The van der Waals surface area contributed by atoms with Gasteiger partial charge in [0.15, 0.2) is 0 Å². The molecule has 106 valence electrons. The zero-order valence-corrected chi connectivity index (χ0v) is 12.5. The van der Waals surface area contributed by atoms with Crippen LogP contribution in [-0.2, 0) is 6.54 Å². The van der Waals surface area contributed by atoms with Crippen molar-refractivity contribution in [3.8, 4) is 5.69 Å². The first-order valence-electron chi connectivity index (χ1n) is 6.29. The van der Waals surface area contributed by atoms with Gasteiger partial charge in [0.2, 0.25) is 0 Å². The van der Waals surface area contributed by atoms with E-state index in [-0.39, 0.29) is 5.91 Å². The van der Waals surface area contributed by atoms with Crippen LogP contribution >= 0.6 is 15.9 Å². The largest absolute Gasteiger partial charge is 0.346 e. The highest BCUT2D eigenvalue weighted by Crippen LogP contribution is 2.14. The number of halogens is 1. The SMILES string of the molecule is O=C(NCc1ccn[nH]1)c1cccc(-n2cc(Br)cn2)c1. The molecule has 21 heavy (non-hydrogen) atoms. The van der Waals surface area contributed by atoms with E-state index in [4.69, 9.17) is 0 Å². The summed E-state index contributed by atoms with van der Waals surface area (Å²) in [5, 5.41) is 13.7. The summed E-state index contributed by atoms with van der Waals surface area (Å²) < 4.78 is 2.59. The maximum atomic E-state index is 12.1. The highest BCUT2D eigenvalue weighted by molar-refractivity contribution is 9.10. The summed E-state index contributed by atoms with van der Waals surface area (Å²) in [5.74, 6) is -0.141. The van der Waals surface area contributed by atoms with Gasteiger partial charge in [0.05, 0.1) is 28.6 Å². The second-order valence-electron chi connectivity index (χ2n) is 4.42. The zero-order chi connectivity index (χ0) is 14.7. The lowest BCUT2D eigenvalue weighted by molar-refractivity contribution is 0.0950. The molecule has 0 saturated carbocycles. The third-order valence-electron chi connectivity index (χ3n) is 2.92. The first-order chi connectivity index (χ1) is 10.2. The van der Waals surface area contributed by atoms with Crippen LogP contribution in [-0.4, -0.2) is 25.9 Å². The summed E-state index contributed by atoms with van der Waals surface area (Å²) in [5.41, 5.74) is 2.27. The molecule has 7 heteroatoms. The molecular weight excluding hydrogens is 334 g/mol. The average Bonchev–Trinajstić information content (AvgIpc) is 3.16. The summed E-state index contributed by atoms with van der Waals surface area (Å²) >= 11 is 3.35. The minimum absolute atomic E-state index is 0.141. The molecule has 0 unspecified atom stereocenters. The van der Waals surface area contributed by atoms with E-state index >= 15 is 0 Å². The molecule has 0 fully saturated rings. The Morgan fingerprint density at radius 2 is 2.29 bits per heavy atom. The number of hydrogen-bond acceptors (Lipinski definition) is 3. The molecule has 0 radical (unpaired) electrons. The van der Waals surface area contributed by atoms with E-state index < -0.39 is 0 Å². The molecule has 2 heterocycles. The molecule has 0 aliphatic carbocycles. The van der Waals surface area contributed by atoms with Crippen molar-refractivity contribution in [1.82, 2.24) is 25.3 Å². The molecule has 0 spiro atoms. The van der Waals surface area contributed by atoms with E-state index in [1.165, 1.54) is 0 Å². The van der Waals surface area contributed by atoms with E-state index in [9.17, 15) is 4.79 Å². The molecule has 1 amide bonds. The molecule has 3 aromatic rings. The fourth-order valence-corrected chi connectivity index (χ4v) is 2.18. The molecule has 0 aliphatic rings. The van der Waals surface area contributed by atoms with Gasteiger partial charge in [-0.05, 0) is 40.2 Å². The highest BCUT2D eigenvalue weighted by Gasteiger charge is 2.07. The van der Waals surface area contributed by atoms with Gasteiger partial charge in [-0.1, -0.05) is 6.07 Å². The second kappa shape index (κ2) is 5.92. The lowest BCUT2D eigenvalue weighted by atomic mass is 10.2. The molecule has 0 aliphatic heterocycles. The van der Waals surface area contributed by atoms with Gasteiger partial charge in [0.25, 0.3) is 5.91 Å². The van der Waals surface area contributed by atoms with Gasteiger partial charge in [-0.15, -0.1) is 0 Å². The molecular formula is C14H12BrN5O. The Balaban J connectivity index is 1.74. The number of rotatable bonds is 4. The number of H-pyrrole nitrogens is 1. The normalized spacial score (nSPS) is 10.5. The first kappa shape index (κ1) is 13.6. The number of hydrogen-bond donors (Lipinski definition) is 2. The maximum Gasteiger partial charge on any atom is 0.251 e. The molecule has 1 aromatic carbocycles. The van der Waals surface area contributed by atoms with Crippen molar-refractivity contribution in [3.63, 3.8) is 0 Å². The highest BCUT2D eigenvalue weighted by atomic mass is 79.9. The van der Waals surface area contributed by atoms with Gasteiger partial charge in [0.1, 0.15) is 0 Å². The summed E-state index contributed by atoms with van der Waals surface area (Å²) in [6, 6.07) is 9.10. The Morgan fingerprint density at radius 3 is 3.00 bits per heavy atom. The first-order valence-corrected chi connectivity index (χ1v) is 7.09. The number of amides is 1. The fourth-order valence-electron chi connectivity index (χ4n) is 1.89. The predicted molar refractivity (Wildman–Crippen MR) is 81.0 cm³/mol. The minimum atomic E-state index is -0.141. The van der Waals surface area contributed by atoms with Crippen molar-refractivity contribution in [1.29, 1.82) is 0 Å². The number of carbonyl (C=O) groups excluding carboxylic acids is 1. The monoisotopic (exact) mass is 345 g/mol. The Bertz CT molecular complexity index is 750. The van der Waals surface area contributed by atoms with Crippen LogP contribution in [0.2, 0.25) is 0 Å². The van der Waals surface area contributed by atoms with Crippen molar-refractivity contribution in [2.75, 3.05) is 0 Å². The van der Waals surface area contributed by atoms with Crippen LogP contribution in [0.25, 0.3) is 5.69 Å². The molecule has 0 bridgehead atoms. The van der Waals surface area contributed by atoms with Crippen LogP contribution in [0.4, 0.5) is 0 Å². The number of nitrogens with one attached hydrogen (secondary N) is 2. The van der Waals surface area contributed by atoms with E-state index in [2.05, 4.69) is 36.5 Å². The van der Waals surface area contributed by atoms with E-state index in [1.54, 1.807) is 29.2 Å². The van der Waals surface area contributed by atoms with Crippen LogP contribution in [0.5, 0.6) is 0 Å². The smallest absolute Gasteiger partial charge is 0.251 e. The molecule has 6 nitrogen and oxygen atoms in total. The summed E-state index contributed by atoms with van der Waals surface area (Å²) in [7, 11) is 0. The maximum absolute atomic E-state index is 12.1. The Kier molecular flexibility index (Phi) is 3.83. The Morgan fingerprint density at radius 1 is 1.38 bits per heavy atom. The summed E-state index contributed by atoms with van der Waals surface area (Å²) in [4.78, 5) is 12.1. The Labute approximate surface area is 129 Å². The third-order valence-corrected chi connectivity index (χ3v) is 3.33. The van der Waals surface area contributed by atoms with Crippen molar-refractivity contribution >= 4 is 21.8 Å². The number of aromatic nitrogens is 4. The number of nitrogens with zero attached hydrogens (tertiary/aromatic N) is 3. The van der Waals surface area contributed by atoms with Gasteiger partial charge in [-0.3, -0.25) is 9.89 Å². The topological polar surface area (TPSA) is 75.6 Å². The molecule has 2 aromatic heterocycles. The van der Waals surface area contributed by atoms with Crippen LogP contribution < -0.4 is 5.32 Å².